The van der Waals surface area contributed by atoms with E-state index in [1.165, 1.54) is 29.2 Å². The number of esters is 1. The van der Waals surface area contributed by atoms with Gasteiger partial charge in [-0.15, -0.1) is 11.3 Å². The van der Waals surface area contributed by atoms with Crippen LogP contribution < -0.4 is 5.32 Å². The Morgan fingerprint density at radius 1 is 1.11 bits per heavy atom. The summed E-state index contributed by atoms with van der Waals surface area (Å²) in [7, 11) is 0. The van der Waals surface area contributed by atoms with Crippen molar-refractivity contribution in [1.29, 1.82) is 0 Å². The van der Waals surface area contributed by atoms with Crippen LogP contribution in [0.2, 0.25) is 0 Å². The van der Waals surface area contributed by atoms with Crippen LogP contribution in [-0.2, 0) is 14.3 Å². The molecule has 0 bridgehead atoms. The molecule has 1 amide bonds. The number of rotatable bonds is 7. The van der Waals surface area contributed by atoms with E-state index in [2.05, 4.69) is 10.3 Å². The first-order chi connectivity index (χ1) is 13.0. The second-order valence-corrected chi connectivity index (χ2v) is 7.72. The molecule has 1 N–H and O–H groups in total. The summed E-state index contributed by atoms with van der Waals surface area (Å²) >= 11 is 2.96. The highest BCUT2D eigenvalue weighted by Crippen LogP contribution is 2.29. The van der Waals surface area contributed by atoms with Crippen LogP contribution in [0, 0.1) is 11.6 Å². The number of carbonyl (C=O) groups excluding carboxylic acids is 2. The number of nitrogens with zero attached hydrogens (tertiary/aromatic N) is 1. The van der Waals surface area contributed by atoms with Crippen LogP contribution >= 0.6 is 23.1 Å². The third kappa shape index (κ3) is 5.24. The molecule has 3 aromatic rings. The van der Waals surface area contributed by atoms with Crippen molar-refractivity contribution in [3.8, 4) is 0 Å². The Balaban J connectivity index is 1.41. The maximum Gasteiger partial charge on any atom is 0.307 e. The van der Waals surface area contributed by atoms with Gasteiger partial charge < -0.3 is 10.1 Å². The highest BCUT2D eigenvalue weighted by atomic mass is 32.2. The maximum atomic E-state index is 13.4. The average molecular weight is 408 g/mol. The first-order valence-electron chi connectivity index (χ1n) is 7.91. The number of amides is 1. The van der Waals surface area contributed by atoms with E-state index in [0.717, 1.165) is 26.7 Å². The minimum absolute atomic E-state index is 0.0852. The fraction of sp³-hybridized carbons (Fsp3) is 0.167. The molecule has 0 aliphatic rings. The Morgan fingerprint density at radius 2 is 1.85 bits per heavy atom. The van der Waals surface area contributed by atoms with Gasteiger partial charge in [-0.05, 0) is 24.3 Å². The van der Waals surface area contributed by atoms with Crippen LogP contribution in [0.5, 0.6) is 0 Å². The van der Waals surface area contributed by atoms with Crippen LogP contribution in [0.25, 0.3) is 10.2 Å². The molecule has 0 unspecified atom stereocenters. The van der Waals surface area contributed by atoms with Crippen LogP contribution in [0.3, 0.4) is 0 Å². The summed E-state index contributed by atoms with van der Waals surface area (Å²) in [6, 6.07) is 11.0. The number of para-hydroxylation sites is 2. The molecule has 0 fully saturated rings. The summed E-state index contributed by atoms with van der Waals surface area (Å²) in [6.07, 6.45) is 0.0852. The van der Waals surface area contributed by atoms with E-state index in [1.807, 2.05) is 24.3 Å². The lowest BCUT2D eigenvalue weighted by Gasteiger charge is -2.08. The lowest BCUT2D eigenvalue weighted by atomic mass is 10.3. The molecule has 1 aromatic heterocycles. The van der Waals surface area contributed by atoms with Gasteiger partial charge in [-0.3, -0.25) is 9.59 Å². The highest BCUT2D eigenvalue weighted by Gasteiger charge is 2.14. The molecule has 0 radical (unpaired) electrons. The third-order valence-corrected chi connectivity index (χ3v) is 5.58. The van der Waals surface area contributed by atoms with Gasteiger partial charge in [0.2, 0.25) is 0 Å². The van der Waals surface area contributed by atoms with Crippen LogP contribution in [0.4, 0.5) is 14.5 Å². The molecular formula is C18H14F2N2O3S2. The Kier molecular flexibility index (Phi) is 6.36. The van der Waals surface area contributed by atoms with Crippen LogP contribution in [0.15, 0.2) is 46.8 Å². The number of carbonyl (C=O) groups is 2. The zero-order valence-electron chi connectivity index (χ0n) is 13.9. The smallest absolute Gasteiger partial charge is 0.307 e. The number of nitrogens with one attached hydrogen (secondary N) is 1. The number of hydrogen-bond acceptors (Lipinski definition) is 6. The summed E-state index contributed by atoms with van der Waals surface area (Å²) < 4.78 is 33.6. The number of aromatic nitrogens is 1. The maximum absolute atomic E-state index is 13.4. The third-order valence-electron chi connectivity index (χ3n) is 3.40. The van der Waals surface area contributed by atoms with Gasteiger partial charge in [0.05, 0.1) is 16.6 Å². The normalized spacial score (nSPS) is 10.7. The predicted molar refractivity (Wildman–Crippen MR) is 101 cm³/mol. The summed E-state index contributed by atoms with van der Waals surface area (Å²) in [4.78, 5) is 27.8. The highest BCUT2D eigenvalue weighted by molar-refractivity contribution is 8.01. The van der Waals surface area contributed by atoms with E-state index < -0.39 is 35.8 Å². The Hall–Kier alpha value is -2.52. The van der Waals surface area contributed by atoms with E-state index in [4.69, 9.17) is 4.74 Å². The molecule has 0 atom stereocenters. The minimum atomic E-state index is -0.901. The average Bonchev–Trinajstić information content (AvgIpc) is 3.06. The second-order valence-electron chi connectivity index (χ2n) is 5.35. The second kappa shape index (κ2) is 8.92. The molecule has 140 valence electrons. The monoisotopic (exact) mass is 408 g/mol. The molecule has 0 aliphatic carbocycles. The molecule has 1 heterocycles. The van der Waals surface area contributed by atoms with Crippen molar-refractivity contribution in [2.24, 2.45) is 0 Å². The largest absolute Gasteiger partial charge is 0.456 e. The Morgan fingerprint density at radius 3 is 2.59 bits per heavy atom. The van der Waals surface area contributed by atoms with E-state index in [9.17, 15) is 18.4 Å². The van der Waals surface area contributed by atoms with Gasteiger partial charge in [0.25, 0.3) is 5.91 Å². The summed E-state index contributed by atoms with van der Waals surface area (Å²) in [5.41, 5.74) is 0.342. The molecule has 5 nitrogen and oxygen atoms in total. The van der Waals surface area contributed by atoms with Gasteiger partial charge in [0.1, 0.15) is 17.3 Å². The summed E-state index contributed by atoms with van der Waals surface area (Å²) in [5.74, 6) is -2.75. The molecular weight excluding hydrogens is 394 g/mol. The van der Waals surface area contributed by atoms with Crippen molar-refractivity contribution in [2.75, 3.05) is 17.7 Å². The molecule has 2 aromatic carbocycles. The molecule has 0 saturated carbocycles. The topological polar surface area (TPSA) is 68.3 Å². The molecule has 9 heteroatoms. The summed E-state index contributed by atoms with van der Waals surface area (Å²) in [6.45, 7) is -0.613. The number of fused-ring (bicyclic) bond motifs is 1. The standard InChI is InChI=1S/C18H14F2N2O3S2/c19-11-4-3-5-12(20)17(11)22-15(23)10-25-16(24)8-9-26-18-21-13-6-1-2-7-14(13)27-18/h1-7H,8-10H2,(H,22,23). The Labute approximate surface area is 161 Å². The quantitative estimate of drug-likeness (QED) is 0.468. The van der Waals surface area contributed by atoms with E-state index >= 15 is 0 Å². The molecule has 27 heavy (non-hydrogen) atoms. The zero-order chi connectivity index (χ0) is 19.2. The van der Waals surface area contributed by atoms with E-state index in [1.54, 1.807) is 0 Å². The SMILES string of the molecule is O=C(COC(=O)CCSc1nc2ccccc2s1)Nc1c(F)cccc1F. The zero-order valence-corrected chi connectivity index (χ0v) is 15.5. The van der Waals surface area contributed by atoms with Crippen molar-refractivity contribution in [3.05, 3.63) is 54.1 Å². The van der Waals surface area contributed by atoms with Crippen molar-refractivity contribution < 1.29 is 23.1 Å². The Bertz CT molecular complexity index is 925. The molecule has 3 rings (SSSR count). The lowest BCUT2D eigenvalue weighted by Crippen LogP contribution is -2.22. The van der Waals surface area contributed by atoms with Crippen LogP contribution in [0.1, 0.15) is 6.42 Å². The van der Waals surface area contributed by atoms with Crippen LogP contribution in [-0.4, -0.2) is 29.2 Å². The van der Waals surface area contributed by atoms with Crippen molar-refractivity contribution >= 4 is 50.9 Å². The number of halogens is 2. The fourth-order valence-corrected chi connectivity index (χ4v) is 4.20. The van der Waals surface area contributed by atoms with Gasteiger partial charge in [-0.25, -0.2) is 13.8 Å². The van der Waals surface area contributed by atoms with Gasteiger partial charge >= 0.3 is 5.97 Å². The van der Waals surface area contributed by atoms with Crippen molar-refractivity contribution in [2.45, 2.75) is 10.8 Å². The lowest BCUT2D eigenvalue weighted by molar-refractivity contribution is -0.146. The number of thiazole rings is 1. The van der Waals surface area contributed by atoms with Gasteiger partial charge in [0.15, 0.2) is 10.9 Å². The number of benzene rings is 2. The first-order valence-corrected chi connectivity index (χ1v) is 9.71. The first kappa shape index (κ1) is 19.2. The van der Waals surface area contributed by atoms with Gasteiger partial charge in [0, 0.05) is 5.75 Å². The number of thioether (sulfide) groups is 1. The minimum Gasteiger partial charge on any atom is -0.456 e. The van der Waals surface area contributed by atoms with Gasteiger partial charge in [-0.2, -0.15) is 0 Å². The molecule has 0 spiro atoms. The molecule has 0 aliphatic heterocycles. The number of hydrogen-bond donors (Lipinski definition) is 1. The van der Waals surface area contributed by atoms with Crippen molar-refractivity contribution in [1.82, 2.24) is 4.98 Å². The number of ether oxygens (including phenoxy) is 1. The fourth-order valence-electron chi connectivity index (χ4n) is 2.15. The number of anilines is 1. The summed E-state index contributed by atoms with van der Waals surface area (Å²) in [5, 5.41) is 2.05. The van der Waals surface area contributed by atoms with Gasteiger partial charge in [-0.1, -0.05) is 30.0 Å². The van der Waals surface area contributed by atoms with E-state index in [-0.39, 0.29) is 6.42 Å². The van der Waals surface area contributed by atoms with Crippen molar-refractivity contribution in [3.63, 3.8) is 0 Å². The molecule has 0 saturated heterocycles. The predicted octanol–water partition coefficient (Wildman–Crippen LogP) is 4.24. The van der Waals surface area contributed by atoms with E-state index in [0.29, 0.717) is 5.75 Å².